The molecule has 4 rings (SSSR count). The van der Waals surface area contributed by atoms with Crippen molar-refractivity contribution < 1.29 is 33.0 Å². The van der Waals surface area contributed by atoms with E-state index in [4.69, 9.17) is 9.47 Å². The van der Waals surface area contributed by atoms with E-state index in [1.807, 2.05) is 0 Å². The summed E-state index contributed by atoms with van der Waals surface area (Å²) in [5.74, 6) is -2.75. The number of hydrogen-bond donors (Lipinski definition) is 2. The van der Waals surface area contributed by atoms with Gasteiger partial charge in [0, 0.05) is 31.2 Å². The quantitative estimate of drug-likeness (QED) is 0.634. The van der Waals surface area contributed by atoms with Crippen molar-refractivity contribution in [1.29, 1.82) is 0 Å². The van der Waals surface area contributed by atoms with Crippen molar-refractivity contribution in [1.82, 2.24) is 9.88 Å². The molecule has 2 N–H and O–H groups in total. The molecule has 0 bridgehead atoms. The Labute approximate surface area is 200 Å². The number of aromatic carboxylic acids is 1. The van der Waals surface area contributed by atoms with Crippen LogP contribution in [0.4, 0.5) is 19.3 Å². The van der Waals surface area contributed by atoms with Crippen LogP contribution >= 0.6 is 0 Å². The van der Waals surface area contributed by atoms with Gasteiger partial charge in [0.05, 0.1) is 30.7 Å². The van der Waals surface area contributed by atoms with Crippen molar-refractivity contribution >= 4 is 28.7 Å². The van der Waals surface area contributed by atoms with Crippen LogP contribution in [-0.2, 0) is 4.74 Å². The number of carbonyl (C=O) groups is 2. The number of pyridine rings is 1. The van der Waals surface area contributed by atoms with Gasteiger partial charge >= 0.3 is 12.1 Å². The first-order chi connectivity index (χ1) is 16.4. The molecule has 2 heterocycles. The Hall–Kier alpha value is -3.37. The van der Waals surface area contributed by atoms with Gasteiger partial charge in [-0.05, 0) is 39.7 Å². The smallest absolute Gasteiger partial charge is 0.407 e. The number of amides is 1. The summed E-state index contributed by atoms with van der Waals surface area (Å²) in [6.07, 6.45) is 2.14. The SMILES string of the molecule is COc1c(N2C[C@H](CF)[C@H](NC(=O)OC(C)(C)C)C2)c(F)cc2c(=O)c(C(=O)O)cn(C3CC3)c12. The number of carboxylic acid groups (broad SMARTS) is 1. The van der Waals surface area contributed by atoms with Crippen molar-refractivity contribution in [3.8, 4) is 5.75 Å². The fraction of sp³-hybridized carbons (Fsp3) is 0.542. The van der Waals surface area contributed by atoms with Crippen molar-refractivity contribution in [2.45, 2.75) is 51.3 Å². The third kappa shape index (κ3) is 4.76. The van der Waals surface area contributed by atoms with E-state index in [0.717, 1.165) is 18.9 Å². The zero-order valence-corrected chi connectivity index (χ0v) is 20.1. The molecule has 0 spiro atoms. The van der Waals surface area contributed by atoms with Crippen LogP contribution < -0.4 is 20.4 Å². The molecule has 1 amide bonds. The maximum Gasteiger partial charge on any atom is 0.407 e. The number of carbonyl (C=O) groups excluding carboxylic acids is 1. The van der Waals surface area contributed by atoms with Crippen molar-refractivity contribution in [2.75, 3.05) is 31.8 Å². The lowest BCUT2D eigenvalue weighted by molar-refractivity contribution is 0.0494. The van der Waals surface area contributed by atoms with Gasteiger partial charge in [0.1, 0.15) is 16.9 Å². The molecule has 0 unspecified atom stereocenters. The first-order valence-electron chi connectivity index (χ1n) is 11.4. The summed E-state index contributed by atoms with van der Waals surface area (Å²) in [4.78, 5) is 38.3. The van der Waals surface area contributed by atoms with Crippen LogP contribution in [-0.4, -0.2) is 60.3 Å². The van der Waals surface area contributed by atoms with E-state index in [1.165, 1.54) is 13.3 Å². The molecule has 9 nitrogen and oxygen atoms in total. The van der Waals surface area contributed by atoms with Crippen LogP contribution in [0, 0.1) is 11.7 Å². The normalized spacial score (nSPS) is 20.2. The minimum atomic E-state index is -1.39. The Balaban J connectivity index is 1.78. The highest BCUT2D eigenvalue weighted by molar-refractivity contribution is 5.97. The van der Waals surface area contributed by atoms with E-state index < -0.39 is 53.1 Å². The second-order valence-corrected chi connectivity index (χ2v) is 10.0. The monoisotopic (exact) mass is 493 g/mol. The summed E-state index contributed by atoms with van der Waals surface area (Å²) in [6.45, 7) is 4.58. The first kappa shape index (κ1) is 24.7. The number of ether oxygens (including phenoxy) is 2. The molecule has 2 fully saturated rings. The molecular weight excluding hydrogens is 464 g/mol. The second kappa shape index (κ2) is 9.01. The Bertz CT molecular complexity index is 1230. The number of nitrogens with zero attached hydrogens (tertiary/aromatic N) is 2. The van der Waals surface area contributed by atoms with Crippen LogP contribution in [0.1, 0.15) is 50.0 Å². The highest BCUT2D eigenvalue weighted by atomic mass is 19.1. The number of benzene rings is 1. The molecule has 1 aromatic carbocycles. The van der Waals surface area contributed by atoms with E-state index in [1.54, 1.807) is 30.2 Å². The molecule has 1 aromatic heterocycles. The molecule has 2 aliphatic rings. The Kier molecular flexibility index (Phi) is 6.37. The van der Waals surface area contributed by atoms with Crippen LogP contribution in [0.2, 0.25) is 0 Å². The average Bonchev–Trinajstić information content (AvgIpc) is 3.52. The molecule has 2 atom stereocenters. The summed E-state index contributed by atoms with van der Waals surface area (Å²) in [5.41, 5.74) is -1.66. The molecule has 1 saturated heterocycles. The lowest BCUT2D eigenvalue weighted by atomic mass is 10.1. The fourth-order valence-electron chi connectivity index (χ4n) is 4.56. The Morgan fingerprint density at radius 1 is 1.26 bits per heavy atom. The van der Waals surface area contributed by atoms with Gasteiger partial charge in [-0.25, -0.2) is 14.0 Å². The summed E-state index contributed by atoms with van der Waals surface area (Å²) < 4.78 is 41.9. The largest absolute Gasteiger partial charge is 0.492 e. The topological polar surface area (TPSA) is 110 Å². The first-order valence-corrected chi connectivity index (χ1v) is 11.4. The van der Waals surface area contributed by atoms with Crippen molar-refractivity contribution in [3.05, 3.63) is 33.9 Å². The Morgan fingerprint density at radius 2 is 1.94 bits per heavy atom. The molecule has 11 heteroatoms. The number of hydrogen-bond acceptors (Lipinski definition) is 6. The maximum absolute atomic E-state index is 15.5. The van der Waals surface area contributed by atoms with Gasteiger partial charge in [0.25, 0.3) is 0 Å². The van der Waals surface area contributed by atoms with Crippen LogP contribution in [0.15, 0.2) is 17.1 Å². The number of methoxy groups -OCH3 is 1. The Morgan fingerprint density at radius 3 is 2.49 bits per heavy atom. The zero-order chi connectivity index (χ0) is 25.7. The number of carboxylic acids is 1. The fourth-order valence-corrected chi connectivity index (χ4v) is 4.56. The lowest BCUT2D eigenvalue weighted by Gasteiger charge is -2.25. The molecule has 190 valence electrons. The molecule has 0 radical (unpaired) electrons. The predicted octanol–water partition coefficient (Wildman–Crippen LogP) is 3.48. The number of nitrogens with one attached hydrogen (secondary N) is 1. The molecular formula is C24H29F2N3O6. The summed E-state index contributed by atoms with van der Waals surface area (Å²) >= 11 is 0. The van der Waals surface area contributed by atoms with Crippen LogP contribution in [0.3, 0.4) is 0 Å². The minimum absolute atomic E-state index is 0.0313. The third-order valence-electron chi connectivity index (χ3n) is 6.23. The van der Waals surface area contributed by atoms with E-state index in [9.17, 15) is 23.9 Å². The van der Waals surface area contributed by atoms with E-state index in [2.05, 4.69) is 5.32 Å². The van der Waals surface area contributed by atoms with Gasteiger partial charge in [-0.15, -0.1) is 0 Å². The number of aromatic nitrogens is 1. The van der Waals surface area contributed by atoms with Crippen molar-refractivity contribution in [3.63, 3.8) is 0 Å². The van der Waals surface area contributed by atoms with Gasteiger partial charge in [0.2, 0.25) is 5.43 Å². The number of anilines is 1. The number of halogens is 2. The third-order valence-corrected chi connectivity index (χ3v) is 6.23. The number of rotatable bonds is 6. The molecule has 1 aliphatic heterocycles. The van der Waals surface area contributed by atoms with Gasteiger partial charge in [-0.3, -0.25) is 9.18 Å². The predicted molar refractivity (Wildman–Crippen MR) is 125 cm³/mol. The van der Waals surface area contributed by atoms with Crippen LogP contribution in [0.25, 0.3) is 10.9 Å². The van der Waals surface area contributed by atoms with E-state index >= 15 is 4.39 Å². The average molecular weight is 494 g/mol. The standard InChI is InChI=1S/C24H29F2N3O6/c1-24(2,3)35-23(33)27-17-11-28(9-12(17)8-25)19-16(26)7-14-18(21(19)34-4)29(13-5-6-13)10-15(20(14)30)22(31)32/h7,10,12-13,17H,5-6,8-9,11H2,1-4H3,(H,27,33)(H,31,32)/t12-,17+/m0/s1. The highest BCUT2D eigenvalue weighted by Gasteiger charge is 2.38. The highest BCUT2D eigenvalue weighted by Crippen LogP contribution is 2.44. The second-order valence-electron chi connectivity index (χ2n) is 10.0. The van der Waals surface area contributed by atoms with Gasteiger partial charge in [-0.1, -0.05) is 0 Å². The zero-order valence-electron chi connectivity index (χ0n) is 20.1. The molecule has 2 aromatic rings. The molecule has 1 saturated carbocycles. The van der Waals surface area contributed by atoms with Crippen LogP contribution in [0.5, 0.6) is 5.75 Å². The number of alkyl halides is 1. The summed E-state index contributed by atoms with van der Waals surface area (Å²) in [7, 11) is 1.34. The number of alkyl carbamates (subject to hydrolysis) is 1. The van der Waals surface area contributed by atoms with E-state index in [0.29, 0.717) is 5.52 Å². The van der Waals surface area contributed by atoms with Gasteiger partial charge in [-0.2, -0.15) is 0 Å². The summed E-state index contributed by atoms with van der Waals surface area (Å²) in [5, 5.41) is 12.1. The van der Waals surface area contributed by atoms with E-state index in [-0.39, 0.29) is 36.0 Å². The van der Waals surface area contributed by atoms with Gasteiger partial charge < -0.3 is 29.4 Å². The van der Waals surface area contributed by atoms with Crippen molar-refractivity contribution in [2.24, 2.45) is 5.92 Å². The molecule has 35 heavy (non-hydrogen) atoms. The number of fused-ring (bicyclic) bond motifs is 1. The maximum atomic E-state index is 15.5. The molecule has 1 aliphatic carbocycles. The lowest BCUT2D eigenvalue weighted by Crippen LogP contribution is -2.43. The summed E-state index contributed by atoms with van der Waals surface area (Å²) in [6, 6.07) is 0.330. The minimum Gasteiger partial charge on any atom is -0.492 e. The van der Waals surface area contributed by atoms with Gasteiger partial charge in [0.15, 0.2) is 11.6 Å².